The number of carbonyl (C=O) groups excluding carboxylic acids is 2. The molecule has 1 aliphatic heterocycles. The van der Waals surface area contributed by atoms with Gasteiger partial charge in [0.25, 0.3) is 11.6 Å². The van der Waals surface area contributed by atoms with Crippen LogP contribution in [0.4, 0.5) is 11.4 Å². The van der Waals surface area contributed by atoms with E-state index in [2.05, 4.69) is 15.9 Å². The summed E-state index contributed by atoms with van der Waals surface area (Å²) in [5.41, 5.74) is 1.89. The average molecular weight is 443 g/mol. The molecule has 0 radical (unpaired) electrons. The Hall–Kier alpha value is -3.26. The number of nitro benzene ring substituents is 1. The summed E-state index contributed by atoms with van der Waals surface area (Å²) in [6.45, 7) is 1.67. The third-order valence-corrected chi connectivity index (χ3v) is 4.82. The van der Waals surface area contributed by atoms with Gasteiger partial charge in [0.05, 0.1) is 23.2 Å². The Bertz CT molecular complexity index is 1020. The molecule has 2 aromatic carbocycles. The van der Waals surface area contributed by atoms with E-state index < -0.39 is 10.9 Å². The number of carbonyl (C=O) groups is 2. The van der Waals surface area contributed by atoms with Crippen LogP contribution in [0.3, 0.4) is 0 Å². The van der Waals surface area contributed by atoms with Gasteiger partial charge in [0.2, 0.25) is 0 Å². The number of hydrogen-bond donors (Lipinski definition) is 0. The molecule has 1 amide bonds. The number of benzene rings is 2. The molecule has 1 heterocycles. The summed E-state index contributed by atoms with van der Waals surface area (Å²) in [5.74, 6) is -1.00. The summed E-state index contributed by atoms with van der Waals surface area (Å²) in [4.78, 5) is 37.2. The number of rotatable bonds is 4. The monoisotopic (exact) mass is 442 g/mol. The van der Waals surface area contributed by atoms with E-state index in [0.717, 1.165) is 4.47 Å². The van der Waals surface area contributed by atoms with E-state index in [0.29, 0.717) is 16.9 Å². The van der Waals surface area contributed by atoms with Crippen molar-refractivity contribution < 1.29 is 19.2 Å². The van der Waals surface area contributed by atoms with Crippen molar-refractivity contribution in [2.75, 3.05) is 12.0 Å². The Labute approximate surface area is 169 Å². The van der Waals surface area contributed by atoms with Gasteiger partial charge in [0.1, 0.15) is 0 Å². The standard InChI is InChI=1S/C20H15BrN2O5/c1-12-18(20(25)28-2)17(11-13-3-7-16(8-4-13)23(26)27)19(24)22(12)15-9-5-14(21)6-10-15/h3-11H,1-2H3/b17-11-. The third-order valence-electron chi connectivity index (χ3n) is 4.29. The fourth-order valence-electron chi connectivity index (χ4n) is 2.94. The molecular weight excluding hydrogens is 428 g/mol. The lowest BCUT2D eigenvalue weighted by molar-refractivity contribution is -0.384. The van der Waals surface area contributed by atoms with E-state index in [1.54, 1.807) is 31.2 Å². The summed E-state index contributed by atoms with van der Waals surface area (Å²) in [5, 5.41) is 10.8. The lowest BCUT2D eigenvalue weighted by Crippen LogP contribution is -2.24. The molecule has 0 unspecified atom stereocenters. The molecule has 0 N–H and O–H groups in total. The van der Waals surface area contributed by atoms with Crippen LogP contribution in [0.1, 0.15) is 12.5 Å². The van der Waals surface area contributed by atoms with Crippen LogP contribution in [0.15, 0.2) is 69.8 Å². The van der Waals surface area contributed by atoms with Crippen LogP contribution in [0.5, 0.6) is 0 Å². The van der Waals surface area contributed by atoms with E-state index in [1.807, 2.05) is 0 Å². The van der Waals surface area contributed by atoms with Crippen molar-refractivity contribution in [3.63, 3.8) is 0 Å². The minimum Gasteiger partial charge on any atom is -0.465 e. The maximum Gasteiger partial charge on any atom is 0.340 e. The molecule has 3 rings (SSSR count). The van der Waals surface area contributed by atoms with Crippen molar-refractivity contribution in [3.05, 3.63) is 85.5 Å². The number of anilines is 1. The maximum atomic E-state index is 13.1. The molecule has 2 aromatic rings. The van der Waals surface area contributed by atoms with Crippen LogP contribution in [0.2, 0.25) is 0 Å². The number of non-ortho nitro benzene ring substituents is 1. The second-order valence-corrected chi connectivity index (χ2v) is 6.89. The summed E-state index contributed by atoms with van der Waals surface area (Å²) in [7, 11) is 1.25. The largest absolute Gasteiger partial charge is 0.465 e. The van der Waals surface area contributed by atoms with Gasteiger partial charge in [-0.25, -0.2) is 4.79 Å². The van der Waals surface area contributed by atoms with Crippen LogP contribution in [0, 0.1) is 10.1 Å². The molecule has 7 nitrogen and oxygen atoms in total. The Kier molecular flexibility index (Phi) is 5.41. The first-order valence-corrected chi connectivity index (χ1v) is 8.98. The first-order chi connectivity index (χ1) is 13.3. The van der Waals surface area contributed by atoms with Gasteiger partial charge < -0.3 is 4.74 Å². The second kappa shape index (κ2) is 7.77. The van der Waals surface area contributed by atoms with Gasteiger partial charge >= 0.3 is 5.97 Å². The summed E-state index contributed by atoms with van der Waals surface area (Å²) in [6, 6.07) is 12.8. The molecule has 0 saturated heterocycles. The third kappa shape index (κ3) is 3.59. The zero-order chi connectivity index (χ0) is 20.4. The fourth-order valence-corrected chi connectivity index (χ4v) is 3.20. The molecule has 8 heteroatoms. The number of ether oxygens (including phenoxy) is 1. The van der Waals surface area contributed by atoms with Crippen LogP contribution >= 0.6 is 15.9 Å². The van der Waals surface area contributed by atoms with E-state index in [9.17, 15) is 19.7 Å². The van der Waals surface area contributed by atoms with Crippen molar-refractivity contribution in [1.82, 2.24) is 0 Å². The molecule has 0 atom stereocenters. The number of halogens is 1. The average Bonchev–Trinajstić information content (AvgIpc) is 2.92. The first kappa shape index (κ1) is 19.5. The summed E-state index contributed by atoms with van der Waals surface area (Å²) >= 11 is 3.35. The van der Waals surface area contributed by atoms with Gasteiger partial charge in [-0.15, -0.1) is 0 Å². The Morgan fingerprint density at radius 2 is 1.75 bits per heavy atom. The highest BCUT2D eigenvalue weighted by molar-refractivity contribution is 9.10. The lowest BCUT2D eigenvalue weighted by Gasteiger charge is -2.18. The quantitative estimate of drug-likeness (QED) is 0.305. The predicted molar refractivity (Wildman–Crippen MR) is 107 cm³/mol. The molecular formula is C20H15BrN2O5. The lowest BCUT2D eigenvalue weighted by atomic mass is 10.0. The van der Waals surface area contributed by atoms with Gasteiger partial charge in [-0.05, 0) is 55.0 Å². The molecule has 0 fully saturated rings. The van der Waals surface area contributed by atoms with Gasteiger partial charge in [-0.3, -0.25) is 19.8 Å². The first-order valence-electron chi connectivity index (χ1n) is 8.19. The van der Waals surface area contributed by atoms with Crippen molar-refractivity contribution in [2.24, 2.45) is 0 Å². The Balaban J connectivity index is 2.08. The molecule has 0 bridgehead atoms. The number of amides is 1. The van der Waals surface area contributed by atoms with Crippen molar-refractivity contribution >= 4 is 45.3 Å². The van der Waals surface area contributed by atoms with Crippen LogP contribution in [0.25, 0.3) is 6.08 Å². The van der Waals surface area contributed by atoms with E-state index in [4.69, 9.17) is 4.74 Å². The summed E-state index contributed by atoms with van der Waals surface area (Å²) in [6.07, 6.45) is 1.53. The Morgan fingerprint density at radius 3 is 2.29 bits per heavy atom. The number of nitro groups is 1. The number of nitrogens with zero attached hydrogens (tertiary/aromatic N) is 2. The number of methoxy groups -OCH3 is 1. The van der Waals surface area contributed by atoms with Crippen LogP contribution in [-0.2, 0) is 14.3 Å². The zero-order valence-corrected chi connectivity index (χ0v) is 16.6. The zero-order valence-electron chi connectivity index (χ0n) is 15.0. The predicted octanol–water partition coefficient (Wildman–Crippen LogP) is 4.23. The van der Waals surface area contributed by atoms with Gasteiger partial charge in [-0.1, -0.05) is 15.9 Å². The van der Waals surface area contributed by atoms with Gasteiger partial charge in [0, 0.05) is 28.0 Å². The molecule has 28 heavy (non-hydrogen) atoms. The fraction of sp³-hybridized carbons (Fsp3) is 0.100. The number of esters is 1. The van der Waals surface area contributed by atoms with E-state index in [-0.39, 0.29) is 22.7 Å². The minimum atomic E-state index is -0.626. The topological polar surface area (TPSA) is 89.8 Å². The second-order valence-electron chi connectivity index (χ2n) is 5.98. The number of hydrogen-bond acceptors (Lipinski definition) is 5. The molecule has 1 aliphatic rings. The Morgan fingerprint density at radius 1 is 1.14 bits per heavy atom. The molecule has 0 aliphatic carbocycles. The van der Waals surface area contributed by atoms with Gasteiger partial charge in [-0.2, -0.15) is 0 Å². The SMILES string of the molecule is COC(=O)C1=C(C)N(c2ccc(Br)cc2)C(=O)/C1=C\c1ccc([N+](=O)[O-])cc1. The number of allylic oxidation sites excluding steroid dienone is 1. The molecule has 0 aromatic heterocycles. The molecule has 0 spiro atoms. The van der Waals surface area contributed by atoms with Gasteiger partial charge in [0.15, 0.2) is 0 Å². The van der Waals surface area contributed by atoms with Crippen molar-refractivity contribution in [2.45, 2.75) is 6.92 Å². The molecule has 0 saturated carbocycles. The minimum absolute atomic E-state index is 0.0590. The summed E-state index contributed by atoms with van der Waals surface area (Å²) < 4.78 is 5.72. The highest BCUT2D eigenvalue weighted by Crippen LogP contribution is 2.35. The van der Waals surface area contributed by atoms with Crippen LogP contribution < -0.4 is 4.90 Å². The normalized spacial score (nSPS) is 15.3. The van der Waals surface area contributed by atoms with E-state index >= 15 is 0 Å². The van der Waals surface area contributed by atoms with E-state index in [1.165, 1.54) is 42.4 Å². The smallest absolute Gasteiger partial charge is 0.340 e. The van der Waals surface area contributed by atoms with Crippen molar-refractivity contribution in [1.29, 1.82) is 0 Å². The van der Waals surface area contributed by atoms with Crippen molar-refractivity contribution in [3.8, 4) is 0 Å². The highest BCUT2D eigenvalue weighted by Gasteiger charge is 2.37. The molecule has 142 valence electrons. The maximum absolute atomic E-state index is 13.1. The highest BCUT2D eigenvalue weighted by atomic mass is 79.9. The van der Waals surface area contributed by atoms with Crippen LogP contribution in [-0.4, -0.2) is 23.9 Å².